The number of likely N-dealkylation sites (tertiary alicyclic amines) is 1. The van der Waals surface area contributed by atoms with Crippen LogP contribution in [0, 0.1) is 11.8 Å². The van der Waals surface area contributed by atoms with E-state index in [9.17, 15) is 4.79 Å². The summed E-state index contributed by atoms with van der Waals surface area (Å²) in [6, 6.07) is 7.67. The van der Waals surface area contributed by atoms with Crippen LogP contribution in [0.25, 0.3) is 0 Å². The largest absolute Gasteiger partial charge is 0.473 e. The van der Waals surface area contributed by atoms with Crippen LogP contribution in [-0.4, -0.2) is 48.1 Å². The van der Waals surface area contributed by atoms with Crippen LogP contribution in [0.4, 0.5) is 0 Å². The number of aliphatic imine (C=N–C) groups is 2. The maximum atomic E-state index is 12.3. The van der Waals surface area contributed by atoms with E-state index in [1.807, 2.05) is 24.3 Å². The molecule has 120 valence electrons. The zero-order chi connectivity index (χ0) is 16.0. The van der Waals surface area contributed by atoms with Crippen molar-refractivity contribution >= 4 is 17.5 Å². The number of carbonyl (C=O) groups is 1. The minimum atomic E-state index is -0.657. The first-order chi connectivity index (χ1) is 11.1. The summed E-state index contributed by atoms with van der Waals surface area (Å²) in [4.78, 5) is 23.5. The van der Waals surface area contributed by atoms with Crippen molar-refractivity contribution in [2.75, 3.05) is 19.6 Å². The number of ether oxygens (including phenoxy) is 1. The predicted molar refractivity (Wildman–Crippen MR) is 89.2 cm³/mol. The second-order valence-corrected chi connectivity index (χ2v) is 7.00. The molecule has 0 spiro atoms. The van der Waals surface area contributed by atoms with Gasteiger partial charge in [0.15, 0.2) is 0 Å². The number of piperidine rings is 1. The molecule has 0 bridgehead atoms. The van der Waals surface area contributed by atoms with E-state index >= 15 is 0 Å². The van der Waals surface area contributed by atoms with Crippen molar-refractivity contribution in [2.24, 2.45) is 21.8 Å². The molecule has 0 N–H and O–H groups in total. The average Bonchev–Trinajstić information content (AvgIpc) is 2.86. The summed E-state index contributed by atoms with van der Waals surface area (Å²) < 4.78 is 5.69. The highest BCUT2D eigenvalue weighted by Crippen LogP contribution is 2.31. The third-order valence-electron chi connectivity index (χ3n) is 4.68. The summed E-state index contributed by atoms with van der Waals surface area (Å²) in [5, 5.41) is 0. The van der Waals surface area contributed by atoms with Crippen molar-refractivity contribution in [3.05, 3.63) is 29.8 Å². The number of hydrogen-bond donors (Lipinski definition) is 0. The molecule has 0 radical (unpaired) electrons. The molecule has 3 heterocycles. The molecule has 5 nitrogen and oxygen atoms in total. The van der Waals surface area contributed by atoms with E-state index in [-0.39, 0.29) is 5.91 Å². The van der Waals surface area contributed by atoms with Gasteiger partial charge in [0.05, 0.1) is 6.54 Å². The molecule has 1 amide bonds. The van der Waals surface area contributed by atoms with Crippen molar-refractivity contribution in [3.8, 4) is 5.75 Å². The molecule has 4 rings (SSSR count). The standard InChI is InChI=1S/C18H21N3O2/c1-11-7-12(2)9-21(8-11)10-15-19-16-13-5-3-4-6-14(13)23-17(16)18(22)20-15/h3-6,11-12,17H,7-10H2,1-2H3. The van der Waals surface area contributed by atoms with Crippen LogP contribution in [0.3, 0.4) is 0 Å². The molecule has 1 aromatic carbocycles. The monoisotopic (exact) mass is 311 g/mol. The first kappa shape index (κ1) is 14.6. The smallest absolute Gasteiger partial charge is 0.294 e. The number of para-hydroxylation sites is 1. The van der Waals surface area contributed by atoms with Crippen LogP contribution in [0.1, 0.15) is 25.8 Å². The fraction of sp³-hybridized carbons (Fsp3) is 0.500. The van der Waals surface area contributed by atoms with E-state index in [2.05, 4.69) is 28.7 Å². The minimum Gasteiger partial charge on any atom is -0.473 e. The lowest BCUT2D eigenvalue weighted by Crippen LogP contribution is -2.43. The Kier molecular flexibility index (Phi) is 3.53. The summed E-state index contributed by atoms with van der Waals surface area (Å²) in [5.74, 6) is 2.45. The van der Waals surface area contributed by atoms with Crippen molar-refractivity contribution < 1.29 is 9.53 Å². The van der Waals surface area contributed by atoms with Crippen molar-refractivity contribution in [2.45, 2.75) is 26.4 Å². The van der Waals surface area contributed by atoms with Gasteiger partial charge in [-0.25, -0.2) is 4.99 Å². The lowest BCUT2D eigenvalue weighted by molar-refractivity contribution is -0.121. The molecule has 5 heteroatoms. The Balaban J connectivity index is 1.58. The summed E-state index contributed by atoms with van der Waals surface area (Å²) in [6.45, 7) is 7.27. The van der Waals surface area contributed by atoms with Gasteiger partial charge in [-0.2, -0.15) is 4.99 Å². The molecule has 0 aromatic heterocycles. The van der Waals surface area contributed by atoms with Crippen LogP contribution >= 0.6 is 0 Å². The van der Waals surface area contributed by atoms with Crippen molar-refractivity contribution in [1.82, 2.24) is 4.90 Å². The number of carbonyl (C=O) groups excluding carboxylic acids is 1. The third kappa shape index (κ3) is 2.70. The van der Waals surface area contributed by atoms with E-state index in [0.29, 0.717) is 29.9 Å². The number of nitrogens with zero attached hydrogens (tertiary/aromatic N) is 3. The van der Waals surface area contributed by atoms with Gasteiger partial charge in [-0.3, -0.25) is 9.69 Å². The molecule has 3 aliphatic heterocycles. The Morgan fingerprint density at radius 1 is 1.17 bits per heavy atom. The maximum Gasteiger partial charge on any atom is 0.294 e. The van der Waals surface area contributed by atoms with Crippen molar-refractivity contribution in [1.29, 1.82) is 0 Å². The molecule has 23 heavy (non-hydrogen) atoms. The fourth-order valence-corrected chi connectivity index (χ4v) is 3.93. The highest BCUT2D eigenvalue weighted by Gasteiger charge is 2.39. The summed E-state index contributed by atoms with van der Waals surface area (Å²) in [5.41, 5.74) is 1.63. The maximum absolute atomic E-state index is 12.3. The van der Waals surface area contributed by atoms with Gasteiger partial charge in [-0.05, 0) is 30.4 Å². The quantitative estimate of drug-likeness (QED) is 0.841. The normalized spacial score (nSPS) is 30.2. The van der Waals surface area contributed by atoms with Crippen LogP contribution in [0.2, 0.25) is 0 Å². The number of rotatable bonds is 2. The second kappa shape index (κ2) is 5.57. The summed E-state index contributed by atoms with van der Waals surface area (Å²) in [6.07, 6.45) is 0.607. The SMILES string of the molecule is CC1CC(C)CN(CC2=NC(=O)C3Oc4ccccc4C3=N2)C1. The van der Waals surface area contributed by atoms with E-state index in [0.717, 1.165) is 24.4 Å². The Labute approximate surface area is 136 Å². The summed E-state index contributed by atoms with van der Waals surface area (Å²) in [7, 11) is 0. The van der Waals surface area contributed by atoms with Crippen molar-refractivity contribution in [3.63, 3.8) is 0 Å². The van der Waals surface area contributed by atoms with Crippen LogP contribution in [-0.2, 0) is 4.79 Å². The predicted octanol–water partition coefficient (Wildman–Crippen LogP) is 2.15. The molecule has 3 unspecified atom stereocenters. The van der Waals surface area contributed by atoms with Crippen LogP contribution in [0.15, 0.2) is 34.3 Å². The molecule has 3 atom stereocenters. The molecule has 0 saturated carbocycles. The molecule has 1 fully saturated rings. The zero-order valence-corrected chi connectivity index (χ0v) is 13.5. The minimum absolute atomic E-state index is 0.237. The van der Waals surface area contributed by atoms with E-state index < -0.39 is 6.10 Å². The number of amides is 1. The first-order valence-corrected chi connectivity index (χ1v) is 8.28. The lowest BCUT2D eigenvalue weighted by Gasteiger charge is -2.34. The van der Waals surface area contributed by atoms with Gasteiger partial charge in [-0.15, -0.1) is 0 Å². The van der Waals surface area contributed by atoms with E-state index in [1.54, 1.807) is 0 Å². The van der Waals surface area contributed by atoms with Gasteiger partial charge in [0.2, 0.25) is 6.10 Å². The van der Waals surface area contributed by atoms with Crippen LogP contribution < -0.4 is 4.74 Å². The van der Waals surface area contributed by atoms with Gasteiger partial charge in [0.1, 0.15) is 17.3 Å². The molecule has 1 aromatic rings. The Morgan fingerprint density at radius 2 is 1.91 bits per heavy atom. The molecular formula is C18H21N3O2. The highest BCUT2D eigenvalue weighted by molar-refractivity contribution is 6.26. The van der Waals surface area contributed by atoms with Gasteiger partial charge in [-0.1, -0.05) is 26.0 Å². The molecular weight excluding hydrogens is 290 g/mol. The number of benzene rings is 1. The molecule has 0 aliphatic carbocycles. The Morgan fingerprint density at radius 3 is 2.70 bits per heavy atom. The Bertz CT molecular complexity index is 700. The van der Waals surface area contributed by atoms with Gasteiger partial charge in [0.25, 0.3) is 5.91 Å². The summed E-state index contributed by atoms with van der Waals surface area (Å²) >= 11 is 0. The third-order valence-corrected chi connectivity index (χ3v) is 4.68. The number of hydrogen-bond acceptors (Lipinski definition) is 4. The van der Waals surface area contributed by atoms with Gasteiger partial charge in [0, 0.05) is 18.7 Å². The topological polar surface area (TPSA) is 54.3 Å². The highest BCUT2D eigenvalue weighted by atomic mass is 16.5. The first-order valence-electron chi connectivity index (χ1n) is 8.28. The lowest BCUT2D eigenvalue weighted by atomic mass is 9.92. The Hall–Kier alpha value is -2.01. The van der Waals surface area contributed by atoms with Gasteiger partial charge < -0.3 is 4.74 Å². The molecule has 1 saturated heterocycles. The number of amidine groups is 1. The van der Waals surface area contributed by atoms with Crippen LogP contribution in [0.5, 0.6) is 5.75 Å². The van der Waals surface area contributed by atoms with E-state index in [4.69, 9.17) is 4.74 Å². The van der Waals surface area contributed by atoms with Gasteiger partial charge >= 0.3 is 0 Å². The van der Waals surface area contributed by atoms with E-state index in [1.165, 1.54) is 6.42 Å². The zero-order valence-electron chi connectivity index (χ0n) is 13.5. The number of fused-ring (bicyclic) bond motifs is 3. The molecule has 3 aliphatic rings. The fourth-order valence-electron chi connectivity index (χ4n) is 3.93. The average molecular weight is 311 g/mol. The second-order valence-electron chi connectivity index (χ2n) is 7.00.